The highest BCUT2D eigenvalue weighted by Crippen LogP contribution is 2.23. The van der Waals surface area contributed by atoms with Gasteiger partial charge in [-0.2, -0.15) is 5.26 Å². The lowest BCUT2D eigenvalue weighted by Crippen LogP contribution is -2.39. The van der Waals surface area contributed by atoms with Gasteiger partial charge in [-0.3, -0.25) is 0 Å². The summed E-state index contributed by atoms with van der Waals surface area (Å²) < 4.78 is 33.0. The average Bonchev–Trinajstić information content (AvgIpc) is 2.73. The quantitative estimate of drug-likeness (QED) is 0.755. The maximum atomic E-state index is 12.5. The first-order valence-electron chi connectivity index (χ1n) is 9.22. The van der Waals surface area contributed by atoms with E-state index >= 15 is 0 Å². The molecule has 3 rings (SSSR count). The first-order chi connectivity index (χ1) is 13.5. The minimum absolute atomic E-state index is 0.228. The highest BCUT2D eigenvalue weighted by molar-refractivity contribution is 7.89. The summed E-state index contributed by atoms with van der Waals surface area (Å²) in [5.41, 5.74) is 0.317. The molecule has 0 spiro atoms. The Morgan fingerprint density at radius 2 is 1.89 bits per heavy atom. The molecule has 0 bridgehead atoms. The van der Waals surface area contributed by atoms with Gasteiger partial charge >= 0.3 is 0 Å². The second-order valence-corrected chi connectivity index (χ2v) is 8.29. The molecule has 1 aromatic carbocycles. The fraction of sp³-hybridized carbons (Fsp3) is 0.421. The minimum atomic E-state index is -3.55. The Morgan fingerprint density at radius 3 is 2.54 bits per heavy atom. The molecule has 148 valence electrons. The summed E-state index contributed by atoms with van der Waals surface area (Å²) in [7, 11) is -3.55. The third-order valence-electron chi connectivity index (χ3n) is 4.71. The van der Waals surface area contributed by atoms with E-state index in [4.69, 9.17) is 10.00 Å². The number of piperidine rings is 1. The number of hydrogen-bond donors (Lipinski definition) is 1. The van der Waals surface area contributed by atoms with Gasteiger partial charge in [-0.05, 0) is 49.9 Å². The molecule has 8 nitrogen and oxygen atoms in total. The number of rotatable bonds is 7. The van der Waals surface area contributed by atoms with Crippen LogP contribution in [0.4, 0.5) is 5.82 Å². The van der Waals surface area contributed by atoms with Crippen LogP contribution < -0.4 is 14.4 Å². The van der Waals surface area contributed by atoms with E-state index in [1.807, 2.05) is 11.8 Å². The zero-order valence-corrected chi connectivity index (χ0v) is 16.5. The molecule has 28 heavy (non-hydrogen) atoms. The summed E-state index contributed by atoms with van der Waals surface area (Å²) in [5, 5.41) is 9.17. The fourth-order valence-corrected chi connectivity index (χ4v) is 4.30. The number of nitrogens with one attached hydrogen (secondary N) is 1. The van der Waals surface area contributed by atoms with Crippen molar-refractivity contribution in [1.82, 2.24) is 14.7 Å². The van der Waals surface area contributed by atoms with Gasteiger partial charge in [0.1, 0.15) is 11.8 Å². The zero-order valence-electron chi connectivity index (χ0n) is 15.7. The van der Waals surface area contributed by atoms with Gasteiger partial charge in [0, 0.05) is 32.0 Å². The summed E-state index contributed by atoms with van der Waals surface area (Å²) >= 11 is 0. The zero-order chi connectivity index (χ0) is 20.0. The summed E-state index contributed by atoms with van der Waals surface area (Å²) in [5.74, 6) is 1.48. The van der Waals surface area contributed by atoms with Gasteiger partial charge in [-0.15, -0.1) is 0 Å². The smallest absolute Gasteiger partial charge is 0.240 e. The van der Waals surface area contributed by atoms with Gasteiger partial charge in [0.25, 0.3) is 0 Å². The molecule has 1 aliphatic heterocycles. The van der Waals surface area contributed by atoms with Crippen molar-refractivity contribution < 1.29 is 13.2 Å². The molecular weight excluding hydrogens is 378 g/mol. The van der Waals surface area contributed by atoms with E-state index in [2.05, 4.69) is 20.8 Å². The van der Waals surface area contributed by atoms with Gasteiger partial charge in [-0.25, -0.2) is 23.1 Å². The number of anilines is 1. The van der Waals surface area contributed by atoms with Crippen molar-refractivity contribution in [2.75, 3.05) is 31.1 Å². The van der Waals surface area contributed by atoms with E-state index in [0.29, 0.717) is 43.5 Å². The van der Waals surface area contributed by atoms with Gasteiger partial charge in [-0.1, -0.05) is 0 Å². The van der Waals surface area contributed by atoms with Gasteiger partial charge < -0.3 is 9.64 Å². The van der Waals surface area contributed by atoms with Crippen molar-refractivity contribution in [3.8, 4) is 11.8 Å². The highest BCUT2D eigenvalue weighted by Gasteiger charge is 2.24. The lowest BCUT2D eigenvalue weighted by molar-refractivity contribution is 0.340. The number of nitrogens with zero attached hydrogens (tertiary/aromatic N) is 4. The standard InChI is InChI=1S/C19H23N5O3S/c1-2-27-16-3-5-17(6-4-16)28(25,26)23-14-15-7-11-24(12-8-15)19-18(13-20)21-9-10-22-19/h3-6,9-10,15,23H,2,7-8,11-12,14H2,1H3. The minimum Gasteiger partial charge on any atom is -0.494 e. The summed E-state index contributed by atoms with van der Waals surface area (Å²) in [6.07, 6.45) is 4.71. The van der Waals surface area contributed by atoms with E-state index < -0.39 is 10.0 Å². The molecule has 0 unspecified atom stereocenters. The molecule has 1 N–H and O–H groups in total. The normalized spacial score (nSPS) is 15.2. The van der Waals surface area contributed by atoms with Crippen molar-refractivity contribution in [2.24, 2.45) is 5.92 Å². The summed E-state index contributed by atoms with van der Waals surface area (Å²) in [4.78, 5) is 10.6. The molecule has 1 fully saturated rings. The van der Waals surface area contributed by atoms with Gasteiger partial charge in [0.15, 0.2) is 11.5 Å². The number of sulfonamides is 1. The maximum Gasteiger partial charge on any atom is 0.240 e. The molecule has 0 aliphatic carbocycles. The lowest BCUT2D eigenvalue weighted by atomic mass is 9.97. The Kier molecular flexibility index (Phi) is 6.44. The molecule has 0 amide bonds. The molecule has 0 radical (unpaired) electrons. The Balaban J connectivity index is 1.54. The van der Waals surface area contributed by atoms with E-state index in [9.17, 15) is 8.42 Å². The largest absolute Gasteiger partial charge is 0.494 e. The van der Waals surface area contributed by atoms with Crippen LogP contribution in [0.5, 0.6) is 5.75 Å². The van der Waals surface area contributed by atoms with Gasteiger partial charge in [0.2, 0.25) is 10.0 Å². The van der Waals surface area contributed by atoms with Crippen LogP contribution in [0.15, 0.2) is 41.6 Å². The average molecular weight is 401 g/mol. The van der Waals surface area contributed by atoms with Crippen LogP contribution in [-0.2, 0) is 10.0 Å². The van der Waals surface area contributed by atoms with Crippen molar-refractivity contribution in [1.29, 1.82) is 5.26 Å². The van der Waals surface area contributed by atoms with E-state index in [1.165, 1.54) is 6.20 Å². The van der Waals surface area contributed by atoms with Gasteiger partial charge in [0.05, 0.1) is 11.5 Å². The number of aromatic nitrogens is 2. The second kappa shape index (κ2) is 8.99. The van der Waals surface area contributed by atoms with E-state index in [-0.39, 0.29) is 10.8 Å². The number of benzene rings is 1. The second-order valence-electron chi connectivity index (χ2n) is 6.53. The first kappa shape index (κ1) is 20.0. The van der Waals surface area contributed by atoms with E-state index in [1.54, 1.807) is 30.5 Å². The Hall–Kier alpha value is -2.70. The van der Waals surface area contributed by atoms with Crippen LogP contribution in [0.25, 0.3) is 0 Å². The Bertz CT molecular complexity index is 933. The number of ether oxygens (including phenoxy) is 1. The van der Waals surface area contributed by atoms with Crippen LogP contribution in [0.1, 0.15) is 25.5 Å². The number of hydrogen-bond acceptors (Lipinski definition) is 7. The molecule has 0 saturated carbocycles. The van der Waals surface area contributed by atoms with E-state index in [0.717, 1.165) is 12.8 Å². The van der Waals surface area contributed by atoms with Crippen LogP contribution in [0, 0.1) is 17.2 Å². The molecular formula is C19H23N5O3S. The molecule has 2 aromatic rings. The Morgan fingerprint density at radius 1 is 1.21 bits per heavy atom. The van der Waals surface area contributed by atoms with Crippen LogP contribution in [0.3, 0.4) is 0 Å². The predicted molar refractivity (Wildman–Crippen MR) is 104 cm³/mol. The fourth-order valence-electron chi connectivity index (χ4n) is 3.18. The SMILES string of the molecule is CCOc1ccc(S(=O)(=O)NCC2CCN(c3nccnc3C#N)CC2)cc1. The molecule has 0 atom stereocenters. The molecule has 1 saturated heterocycles. The molecule has 1 aliphatic rings. The lowest BCUT2D eigenvalue weighted by Gasteiger charge is -2.32. The van der Waals surface area contributed by atoms with Crippen molar-refractivity contribution in [3.05, 3.63) is 42.4 Å². The van der Waals surface area contributed by atoms with Crippen LogP contribution >= 0.6 is 0 Å². The predicted octanol–water partition coefficient (Wildman–Crippen LogP) is 1.94. The van der Waals surface area contributed by atoms with Crippen molar-refractivity contribution >= 4 is 15.8 Å². The van der Waals surface area contributed by atoms with Crippen molar-refractivity contribution in [2.45, 2.75) is 24.7 Å². The third kappa shape index (κ3) is 4.77. The molecule has 2 heterocycles. The third-order valence-corrected chi connectivity index (χ3v) is 6.15. The summed E-state index contributed by atoms with van der Waals surface area (Å²) in [6.45, 7) is 4.22. The molecule has 9 heteroatoms. The number of nitriles is 1. The molecule has 1 aromatic heterocycles. The van der Waals surface area contributed by atoms with Crippen LogP contribution in [-0.4, -0.2) is 44.6 Å². The topological polar surface area (TPSA) is 108 Å². The Labute approximate surface area is 165 Å². The van der Waals surface area contributed by atoms with Crippen molar-refractivity contribution in [3.63, 3.8) is 0 Å². The summed E-state index contributed by atoms with van der Waals surface area (Å²) in [6, 6.07) is 8.48. The first-order valence-corrected chi connectivity index (χ1v) is 10.7. The maximum absolute atomic E-state index is 12.5. The highest BCUT2D eigenvalue weighted by atomic mass is 32.2. The monoisotopic (exact) mass is 401 g/mol. The van der Waals surface area contributed by atoms with Crippen LogP contribution in [0.2, 0.25) is 0 Å².